The topological polar surface area (TPSA) is 52.0 Å². The van der Waals surface area contributed by atoms with Crippen LogP contribution in [0.4, 0.5) is 0 Å². The Morgan fingerprint density at radius 2 is 1.85 bits per heavy atom. The first-order valence-corrected chi connectivity index (χ1v) is 9.57. The van der Waals surface area contributed by atoms with Crippen LogP contribution >= 0.6 is 0 Å². The van der Waals surface area contributed by atoms with Crippen LogP contribution in [0, 0.1) is 13.8 Å². The summed E-state index contributed by atoms with van der Waals surface area (Å²) in [6.07, 6.45) is 0. The van der Waals surface area contributed by atoms with Crippen molar-refractivity contribution < 1.29 is 19.2 Å². The highest BCUT2D eigenvalue weighted by Gasteiger charge is 2.23. The third kappa shape index (κ3) is 6.08. The molecule has 27 heavy (non-hydrogen) atoms. The molecule has 1 fully saturated rings. The number of benzene rings is 2. The summed E-state index contributed by atoms with van der Waals surface area (Å²) < 4.78 is 11.1. The van der Waals surface area contributed by atoms with Crippen molar-refractivity contribution in [3.8, 4) is 5.75 Å². The molecule has 0 unspecified atom stereocenters. The number of amides is 1. The van der Waals surface area contributed by atoms with Crippen LogP contribution in [0.5, 0.6) is 5.75 Å². The largest absolute Gasteiger partial charge is 0.484 e. The zero-order valence-corrected chi connectivity index (χ0v) is 16.2. The van der Waals surface area contributed by atoms with Gasteiger partial charge in [0.05, 0.1) is 13.2 Å². The van der Waals surface area contributed by atoms with Gasteiger partial charge >= 0.3 is 0 Å². The quantitative estimate of drug-likeness (QED) is 0.777. The Labute approximate surface area is 161 Å². The number of aryl methyl sites for hydroxylation is 2. The zero-order valence-electron chi connectivity index (χ0n) is 16.2. The molecule has 1 aliphatic rings. The fraction of sp³-hybridized carbons (Fsp3) is 0.409. The summed E-state index contributed by atoms with van der Waals surface area (Å²) in [5.74, 6) is 0.616. The van der Waals surface area contributed by atoms with E-state index in [4.69, 9.17) is 9.47 Å². The number of carbonyl (C=O) groups is 1. The van der Waals surface area contributed by atoms with Gasteiger partial charge in [0.1, 0.15) is 31.4 Å². The number of carbonyl (C=O) groups excluding carboxylic acids is 1. The van der Waals surface area contributed by atoms with Gasteiger partial charge in [0, 0.05) is 0 Å². The molecule has 0 aromatic heterocycles. The van der Waals surface area contributed by atoms with Crippen molar-refractivity contribution in [1.82, 2.24) is 5.32 Å². The molecule has 1 aliphatic heterocycles. The minimum Gasteiger partial charge on any atom is -0.484 e. The molecular weight excluding hydrogens is 340 g/mol. The van der Waals surface area contributed by atoms with Crippen molar-refractivity contribution in [3.63, 3.8) is 0 Å². The van der Waals surface area contributed by atoms with Crippen LogP contribution < -0.4 is 15.0 Å². The minimum atomic E-state index is -0.102. The number of ether oxygens (including phenoxy) is 2. The van der Waals surface area contributed by atoms with Gasteiger partial charge in [0.25, 0.3) is 5.91 Å². The Balaban J connectivity index is 1.62. The fourth-order valence-electron chi connectivity index (χ4n) is 3.29. The van der Waals surface area contributed by atoms with Crippen molar-refractivity contribution in [2.24, 2.45) is 0 Å². The fourth-order valence-corrected chi connectivity index (χ4v) is 3.29. The van der Waals surface area contributed by atoms with E-state index in [0.717, 1.165) is 49.7 Å². The second-order valence-electron chi connectivity index (χ2n) is 7.20. The van der Waals surface area contributed by atoms with Gasteiger partial charge in [0.15, 0.2) is 6.61 Å². The molecule has 1 amide bonds. The molecule has 0 spiro atoms. The highest BCUT2D eigenvalue weighted by Crippen LogP contribution is 2.14. The predicted octanol–water partition coefficient (Wildman–Crippen LogP) is 1.45. The standard InChI is InChI=1S/C22H28N2O3/c1-17-6-8-19(9-7-17)21(15-24-10-12-26-13-11-24)23-22(25)16-27-20-5-3-4-18(2)14-20/h3-9,14,21H,10-13,15-16H2,1-2H3,(H,23,25)/p+1/t21-/m0/s1. The zero-order chi connectivity index (χ0) is 19.1. The van der Waals surface area contributed by atoms with Crippen molar-refractivity contribution in [3.05, 3.63) is 65.2 Å². The summed E-state index contributed by atoms with van der Waals surface area (Å²) >= 11 is 0. The predicted molar refractivity (Wildman–Crippen MR) is 105 cm³/mol. The first-order chi connectivity index (χ1) is 13.1. The molecule has 0 aliphatic carbocycles. The molecule has 1 saturated heterocycles. The summed E-state index contributed by atoms with van der Waals surface area (Å²) in [6.45, 7) is 8.44. The van der Waals surface area contributed by atoms with Crippen molar-refractivity contribution in [2.45, 2.75) is 19.9 Å². The Bertz CT molecular complexity index is 739. The molecule has 5 nitrogen and oxygen atoms in total. The minimum absolute atomic E-state index is 0.0181. The van der Waals surface area contributed by atoms with E-state index in [1.807, 2.05) is 31.2 Å². The highest BCUT2D eigenvalue weighted by molar-refractivity contribution is 5.78. The van der Waals surface area contributed by atoms with Crippen molar-refractivity contribution in [2.75, 3.05) is 39.5 Å². The van der Waals surface area contributed by atoms with E-state index in [1.165, 1.54) is 10.5 Å². The van der Waals surface area contributed by atoms with E-state index in [9.17, 15) is 4.79 Å². The average molecular weight is 369 g/mol. The molecule has 0 bridgehead atoms. The van der Waals surface area contributed by atoms with Gasteiger partial charge < -0.3 is 19.7 Å². The van der Waals surface area contributed by atoms with Gasteiger partial charge in [-0.2, -0.15) is 0 Å². The second kappa shape index (κ2) is 9.53. The lowest BCUT2D eigenvalue weighted by atomic mass is 10.0. The number of morpholine rings is 1. The number of hydrogen-bond acceptors (Lipinski definition) is 3. The average Bonchev–Trinajstić information content (AvgIpc) is 2.67. The maximum Gasteiger partial charge on any atom is 0.258 e. The number of rotatable bonds is 7. The van der Waals surface area contributed by atoms with Crippen LogP contribution in [0.15, 0.2) is 48.5 Å². The van der Waals surface area contributed by atoms with Gasteiger partial charge in [-0.25, -0.2) is 0 Å². The van der Waals surface area contributed by atoms with E-state index in [0.29, 0.717) is 0 Å². The van der Waals surface area contributed by atoms with E-state index in [2.05, 4.69) is 36.5 Å². The van der Waals surface area contributed by atoms with E-state index >= 15 is 0 Å². The first-order valence-electron chi connectivity index (χ1n) is 9.57. The van der Waals surface area contributed by atoms with Gasteiger partial charge in [0.2, 0.25) is 0 Å². The Hall–Kier alpha value is -2.37. The van der Waals surface area contributed by atoms with Crippen molar-refractivity contribution >= 4 is 5.91 Å². The van der Waals surface area contributed by atoms with Crippen LogP contribution in [0.25, 0.3) is 0 Å². The molecule has 0 saturated carbocycles. The molecule has 3 rings (SSSR count). The van der Waals surface area contributed by atoms with Gasteiger partial charge in [-0.1, -0.05) is 42.0 Å². The lowest BCUT2D eigenvalue weighted by molar-refractivity contribution is -0.909. The van der Waals surface area contributed by atoms with E-state index in [-0.39, 0.29) is 18.6 Å². The van der Waals surface area contributed by atoms with Crippen LogP contribution in [-0.4, -0.2) is 45.4 Å². The maximum absolute atomic E-state index is 12.5. The van der Waals surface area contributed by atoms with E-state index in [1.54, 1.807) is 0 Å². The first kappa shape index (κ1) is 19.4. The Morgan fingerprint density at radius 3 is 2.56 bits per heavy atom. The summed E-state index contributed by atoms with van der Waals surface area (Å²) in [4.78, 5) is 14.0. The smallest absolute Gasteiger partial charge is 0.258 e. The molecule has 144 valence electrons. The SMILES string of the molecule is Cc1ccc([C@H](C[NH+]2CCOCC2)NC(=O)COc2cccc(C)c2)cc1. The Morgan fingerprint density at radius 1 is 1.11 bits per heavy atom. The molecule has 0 radical (unpaired) electrons. The van der Waals surface area contributed by atoms with Crippen molar-refractivity contribution in [1.29, 1.82) is 0 Å². The molecule has 2 aromatic carbocycles. The van der Waals surface area contributed by atoms with Gasteiger partial charge in [-0.3, -0.25) is 4.79 Å². The van der Waals surface area contributed by atoms with Crippen LogP contribution in [-0.2, 0) is 9.53 Å². The molecule has 1 atom stereocenters. The van der Waals surface area contributed by atoms with Crippen LogP contribution in [0.2, 0.25) is 0 Å². The number of nitrogens with one attached hydrogen (secondary N) is 2. The monoisotopic (exact) mass is 369 g/mol. The molecular formula is C22H29N2O3+. The third-order valence-electron chi connectivity index (χ3n) is 4.87. The summed E-state index contributed by atoms with van der Waals surface area (Å²) in [5, 5.41) is 3.16. The summed E-state index contributed by atoms with van der Waals surface area (Å²) in [6, 6.07) is 16.1. The van der Waals surface area contributed by atoms with Crippen LogP contribution in [0.3, 0.4) is 0 Å². The molecule has 2 N–H and O–H groups in total. The van der Waals surface area contributed by atoms with Crippen LogP contribution in [0.1, 0.15) is 22.7 Å². The maximum atomic E-state index is 12.5. The van der Waals surface area contributed by atoms with E-state index < -0.39 is 0 Å². The third-order valence-corrected chi connectivity index (χ3v) is 4.87. The lowest BCUT2D eigenvalue weighted by Crippen LogP contribution is -3.14. The summed E-state index contributed by atoms with van der Waals surface area (Å²) in [7, 11) is 0. The molecule has 2 aromatic rings. The molecule has 5 heteroatoms. The summed E-state index contributed by atoms with van der Waals surface area (Å²) in [5.41, 5.74) is 3.45. The Kier molecular flexibility index (Phi) is 6.85. The number of quaternary nitrogens is 1. The number of hydrogen-bond donors (Lipinski definition) is 2. The van der Waals surface area contributed by atoms with Gasteiger partial charge in [-0.15, -0.1) is 0 Å². The normalized spacial score (nSPS) is 15.9. The molecule has 1 heterocycles. The highest BCUT2D eigenvalue weighted by atomic mass is 16.5. The van der Waals surface area contributed by atoms with Gasteiger partial charge in [-0.05, 0) is 37.1 Å². The second-order valence-corrected chi connectivity index (χ2v) is 7.20. The lowest BCUT2D eigenvalue weighted by Gasteiger charge is -2.28.